The first-order valence-corrected chi connectivity index (χ1v) is 12.2. The molecule has 8 heteroatoms. The number of carbonyl (C=O) groups is 2. The number of thioether (sulfide) groups is 1. The first-order valence-electron chi connectivity index (χ1n) is 10.5. The van der Waals surface area contributed by atoms with Gasteiger partial charge in [-0.15, -0.1) is 11.8 Å². The molecule has 0 aromatic heterocycles. The SMILES string of the molecule is O=C(Nc1cccc(SC(C(=O)Nc2ccccc2F)c2ccccc2)c1)c1ccc(Cl)cc1Cl. The van der Waals surface area contributed by atoms with Gasteiger partial charge in [-0.1, -0.05) is 71.7 Å². The topological polar surface area (TPSA) is 58.2 Å². The highest BCUT2D eigenvalue weighted by atomic mass is 35.5. The molecule has 0 aliphatic rings. The van der Waals surface area contributed by atoms with E-state index in [1.807, 2.05) is 36.4 Å². The summed E-state index contributed by atoms with van der Waals surface area (Å²) >= 11 is 13.4. The van der Waals surface area contributed by atoms with E-state index in [4.69, 9.17) is 23.2 Å². The molecule has 0 aliphatic carbocycles. The van der Waals surface area contributed by atoms with Crippen molar-refractivity contribution in [1.29, 1.82) is 0 Å². The Morgan fingerprint density at radius 1 is 0.800 bits per heavy atom. The number of hydrogen-bond donors (Lipinski definition) is 2. The standard InChI is InChI=1S/C27H19Cl2FN2O2S/c28-18-13-14-21(22(29)15-18)26(33)31-19-9-6-10-20(16-19)35-25(17-7-2-1-3-8-17)27(34)32-24-12-5-4-11-23(24)30/h1-16,25H,(H,31,33)(H,32,34). The molecule has 0 fully saturated rings. The number of carbonyl (C=O) groups excluding carboxylic acids is 2. The molecule has 1 atom stereocenters. The van der Waals surface area contributed by atoms with Crippen molar-refractivity contribution in [2.24, 2.45) is 0 Å². The van der Waals surface area contributed by atoms with E-state index in [0.717, 1.165) is 10.5 Å². The molecule has 0 spiro atoms. The first-order chi connectivity index (χ1) is 16.9. The second-order valence-corrected chi connectivity index (χ2v) is 9.51. The van der Waals surface area contributed by atoms with Gasteiger partial charge in [0.05, 0.1) is 16.3 Å². The van der Waals surface area contributed by atoms with E-state index in [2.05, 4.69) is 10.6 Å². The highest BCUT2D eigenvalue weighted by molar-refractivity contribution is 8.00. The van der Waals surface area contributed by atoms with Crippen LogP contribution in [0, 0.1) is 5.82 Å². The number of benzene rings is 4. The summed E-state index contributed by atoms with van der Waals surface area (Å²) in [4.78, 5) is 26.6. The van der Waals surface area contributed by atoms with E-state index >= 15 is 0 Å². The summed E-state index contributed by atoms with van der Waals surface area (Å²) in [5.41, 5.74) is 1.70. The second kappa shape index (κ2) is 11.4. The van der Waals surface area contributed by atoms with Gasteiger partial charge >= 0.3 is 0 Å². The molecule has 4 aromatic rings. The van der Waals surface area contributed by atoms with Crippen LogP contribution in [0.3, 0.4) is 0 Å². The quantitative estimate of drug-likeness (QED) is 0.242. The van der Waals surface area contributed by atoms with Crippen molar-refractivity contribution in [3.8, 4) is 0 Å². The maximum Gasteiger partial charge on any atom is 0.257 e. The van der Waals surface area contributed by atoms with Crippen molar-refractivity contribution in [2.75, 3.05) is 10.6 Å². The Kier molecular flexibility index (Phi) is 8.08. The Balaban J connectivity index is 1.55. The van der Waals surface area contributed by atoms with Crippen LogP contribution in [0.15, 0.2) is 102 Å². The predicted octanol–water partition coefficient (Wildman–Crippen LogP) is 7.86. The fraction of sp³-hybridized carbons (Fsp3) is 0.0370. The Bertz CT molecular complexity index is 1370. The predicted molar refractivity (Wildman–Crippen MR) is 141 cm³/mol. The molecule has 0 heterocycles. The fourth-order valence-corrected chi connectivity index (χ4v) is 4.89. The van der Waals surface area contributed by atoms with Crippen LogP contribution in [-0.4, -0.2) is 11.8 Å². The average Bonchev–Trinajstić information content (AvgIpc) is 2.84. The third-order valence-corrected chi connectivity index (χ3v) is 6.79. The van der Waals surface area contributed by atoms with Crippen LogP contribution in [-0.2, 0) is 4.79 Å². The molecule has 0 radical (unpaired) electrons. The lowest BCUT2D eigenvalue weighted by Gasteiger charge is -2.18. The van der Waals surface area contributed by atoms with Crippen molar-refractivity contribution < 1.29 is 14.0 Å². The third-order valence-electron chi connectivity index (χ3n) is 4.99. The Morgan fingerprint density at radius 2 is 1.54 bits per heavy atom. The van der Waals surface area contributed by atoms with Gasteiger partial charge in [0.1, 0.15) is 11.1 Å². The molecular formula is C27H19Cl2FN2O2S. The minimum absolute atomic E-state index is 0.111. The maximum atomic E-state index is 14.1. The van der Waals surface area contributed by atoms with Gasteiger partial charge in [0.2, 0.25) is 5.91 Å². The lowest BCUT2D eigenvalue weighted by Crippen LogP contribution is -2.19. The molecule has 176 valence electrons. The molecule has 1 unspecified atom stereocenters. The van der Waals surface area contributed by atoms with Crippen molar-refractivity contribution in [3.63, 3.8) is 0 Å². The number of nitrogens with one attached hydrogen (secondary N) is 2. The molecule has 0 saturated carbocycles. The molecule has 2 N–H and O–H groups in total. The van der Waals surface area contributed by atoms with Crippen LogP contribution in [0.2, 0.25) is 10.0 Å². The van der Waals surface area contributed by atoms with Crippen LogP contribution in [0.1, 0.15) is 21.2 Å². The number of hydrogen-bond acceptors (Lipinski definition) is 3. The van der Waals surface area contributed by atoms with Gasteiger partial charge in [-0.25, -0.2) is 4.39 Å². The molecule has 0 aliphatic heterocycles. The molecule has 4 rings (SSSR count). The minimum Gasteiger partial charge on any atom is -0.322 e. The molecule has 0 bridgehead atoms. The van der Waals surface area contributed by atoms with Gasteiger partial charge in [0, 0.05) is 15.6 Å². The third kappa shape index (κ3) is 6.42. The molecular weight excluding hydrogens is 506 g/mol. The van der Waals surface area contributed by atoms with E-state index in [1.165, 1.54) is 30.0 Å². The Labute approximate surface area is 216 Å². The summed E-state index contributed by atoms with van der Waals surface area (Å²) in [6.45, 7) is 0. The van der Waals surface area contributed by atoms with E-state index in [0.29, 0.717) is 16.3 Å². The van der Waals surface area contributed by atoms with Crippen molar-refractivity contribution in [3.05, 3.63) is 124 Å². The normalized spacial score (nSPS) is 11.5. The van der Waals surface area contributed by atoms with Crippen LogP contribution in [0.25, 0.3) is 0 Å². The smallest absolute Gasteiger partial charge is 0.257 e. The van der Waals surface area contributed by atoms with E-state index < -0.39 is 11.1 Å². The molecule has 35 heavy (non-hydrogen) atoms. The maximum absolute atomic E-state index is 14.1. The Morgan fingerprint density at radius 3 is 2.29 bits per heavy atom. The van der Waals surface area contributed by atoms with Gasteiger partial charge in [0.15, 0.2) is 0 Å². The van der Waals surface area contributed by atoms with E-state index in [-0.39, 0.29) is 22.5 Å². The van der Waals surface area contributed by atoms with Gasteiger partial charge in [-0.2, -0.15) is 0 Å². The second-order valence-electron chi connectivity index (χ2n) is 7.48. The average molecular weight is 525 g/mol. The number of rotatable bonds is 7. The zero-order chi connectivity index (χ0) is 24.8. The zero-order valence-electron chi connectivity index (χ0n) is 18.2. The highest BCUT2D eigenvalue weighted by Crippen LogP contribution is 2.37. The lowest BCUT2D eigenvalue weighted by molar-refractivity contribution is -0.115. The van der Waals surface area contributed by atoms with Crippen LogP contribution < -0.4 is 10.6 Å². The van der Waals surface area contributed by atoms with Crippen LogP contribution in [0.5, 0.6) is 0 Å². The molecule has 2 amide bonds. The van der Waals surface area contributed by atoms with Crippen molar-refractivity contribution in [2.45, 2.75) is 10.1 Å². The molecule has 4 aromatic carbocycles. The van der Waals surface area contributed by atoms with E-state index in [1.54, 1.807) is 42.5 Å². The minimum atomic E-state index is -0.660. The van der Waals surface area contributed by atoms with Gasteiger partial charge in [-0.3, -0.25) is 9.59 Å². The summed E-state index contributed by atoms with van der Waals surface area (Å²) < 4.78 is 14.1. The monoisotopic (exact) mass is 524 g/mol. The highest BCUT2D eigenvalue weighted by Gasteiger charge is 2.23. The number of para-hydroxylation sites is 1. The molecule has 0 saturated heterocycles. The first kappa shape index (κ1) is 24.8. The Hall–Kier alpha value is -3.32. The van der Waals surface area contributed by atoms with E-state index in [9.17, 15) is 14.0 Å². The van der Waals surface area contributed by atoms with Gasteiger partial charge < -0.3 is 10.6 Å². The van der Waals surface area contributed by atoms with Gasteiger partial charge in [-0.05, 0) is 54.1 Å². The number of amides is 2. The number of anilines is 2. The summed E-state index contributed by atoms with van der Waals surface area (Å²) in [5.74, 6) is -1.26. The summed E-state index contributed by atoms with van der Waals surface area (Å²) in [6, 6.07) is 27.0. The largest absolute Gasteiger partial charge is 0.322 e. The van der Waals surface area contributed by atoms with Gasteiger partial charge in [0.25, 0.3) is 5.91 Å². The number of halogens is 3. The summed E-state index contributed by atoms with van der Waals surface area (Å²) in [7, 11) is 0. The van der Waals surface area contributed by atoms with Crippen molar-refractivity contribution >= 4 is 58.2 Å². The summed E-state index contributed by atoms with van der Waals surface area (Å²) in [6.07, 6.45) is 0. The molecule has 4 nitrogen and oxygen atoms in total. The summed E-state index contributed by atoms with van der Waals surface area (Å²) in [5, 5.41) is 5.52. The lowest BCUT2D eigenvalue weighted by atomic mass is 10.1. The van der Waals surface area contributed by atoms with Crippen LogP contribution in [0.4, 0.5) is 15.8 Å². The fourth-order valence-electron chi connectivity index (χ4n) is 3.32. The van der Waals surface area contributed by atoms with Crippen molar-refractivity contribution in [1.82, 2.24) is 0 Å². The zero-order valence-corrected chi connectivity index (χ0v) is 20.5. The van der Waals surface area contributed by atoms with Crippen LogP contribution >= 0.6 is 35.0 Å².